The number of thiazole rings is 1. The van der Waals surface area contributed by atoms with Crippen molar-refractivity contribution in [3.05, 3.63) is 43.3 Å². The molecule has 0 saturated carbocycles. The van der Waals surface area contributed by atoms with Gasteiger partial charge in [0, 0.05) is 13.7 Å². The van der Waals surface area contributed by atoms with Gasteiger partial charge in [-0.3, -0.25) is 4.79 Å². The average molecular weight is 417 g/mol. The van der Waals surface area contributed by atoms with Crippen molar-refractivity contribution in [3.63, 3.8) is 0 Å². The van der Waals surface area contributed by atoms with Crippen molar-refractivity contribution in [1.82, 2.24) is 4.57 Å². The van der Waals surface area contributed by atoms with Gasteiger partial charge in [-0.1, -0.05) is 40.6 Å². The first kappa shape index (κ1) is 18.4. The topological polar surface area (TPSA) is 52.8 Å². The van der Waals surface area contributed by atoms with Gasteiger partial charge in [0.05, 0.1) is 28.3 Å². The molecule has 1 amide bonds. The minimum absolute atomic E-state index is 0.305. The van der Waals surface area contributed by atoms with Gasteiger partial charge < -0.3 is 14.0 Å². The van der Waals surface area contributed by atoms with Crippen LogP contribution in [0.3, 0.4) is 0 Å². The molecule has 2 heterocycles. The third-order valence-electron chi connectivity index (χ3n) is 3.49. The molecule has 0 saturated heterocycles. The molecule has 3 aromatic rings. The first-order chi connectivity index (χ1) is 12.0. The largest absolute Gasteiger partial charge is 0.495 e. The fourth-order valence-corrected chi connectivity index (χ4v) is 4.89. The van der Waals surface area contributed by atoms with Crippen molar-refractivity contribution in [2.75, 3.05) is 20.8 Å². The second-order valence-corrected chi connectivity index (χ2v) is 8.29. The summed E-state index contributed by atoms with van der Waals surface area (Å²) in [4.78, 5) is 17.4. The van der Waals surface area contributed by atoms with Crippen LogP contribution in [0.5, 0.6) is 5.75 Å². The number of benzene rings is 1. The Morgan fingerprint density at radius 2 is 2.08 bits per heavy atom. The number of rotatable bonds is 5. The molecule has 3 rings (SSSR count). The van der Waals surface area contributed by atoms with Crippen LogP contribution in [0, 0.1) is 0 Å². The Morgan fingerprint density at radius 3 is 2.72 bits per heavy atom. The molecule has 0 aliphatic rings. The summed E-state index contributed by atoms with van der Waals surface area (Å²) in [7, 11) is 3.24. The van der Waals surface area contributed by atoms with E-state index in [4.69, 9.17) is 32.7 Å². The van der Waals surface area contributed by atoms with Crippen LogP contribution < -0.4 is 9.54 Å². The van der Waals surface area contributed by atoms with Crippen LogP contribution in [0.4, 0.5) is 0 Å². The normalized spacial score (nSPS) is 12.1. The van der Waals surface area contributed by atoms with E-state index in [1.54, 1.807) is 14.2 Å². The van der Waals surface area contributed by atoms with Crippen LogP contribution in [0.1, 0.15) is 10.4 Å². The van der Waals surface area contributed by atoms with Gasteiger partial charge in [-0.25, -0.2) is 0 Å². The lowest BCUT2D eigenvalue weighted by Crippen LogP contribution is -2.19. The Kier molecular flexibility index (Phi) is 5.81. The second kappa shape index (κ2) is 7.88. The molecule has 0 atom stereocenters. The highest BCUT2D eigenvalue weighted by Gasteiger charge is 2.16. The molecule has 0 bridgehead atoms. The number of carbonyl (C=O) groups is 1. The summed E-state index contributed by atoms with van der Waals surface area (Å²) >= 11 is 14.5. The van der Waals surface area contributed by atoms with E-state index in [0.29, 0.717) is 32.2 Å². The second-order valence-electron chi connectivity index (χ2n) is 4.99. The number of carbonyl (C=O) groups excluding carboxylic acids is 1. The van der Waals surface area contributed by atoms with Gasteiger partial charge in [0.2, 0.25) is 0 Å². The number of aromatic nitrogens is 1. The van der Waals surface area contributed by atoms with Crippen LogP contribution in [-0.4, -0.2) is 31.3 Å². The van der Waals surface area contributed by atoms with E-state index in [9.17, 15) is 4.79 Å². The summed E-state index contributed by atoms with van der Waals surface area (Å²) in [6.45, 7) is 1.03. The Bertz CT molecular complexity index is 991. The standard InChI is InChI=1S/C16H14Cl2N2O3S2/c1-22-7-6-20-13-10(23-2)4-3-5-11(13)24-16(20)19-15(21)9-8-12(17)25-14(9)18/h3-5,8H,6-7H2,1-2H3. The molecule has 1 aromatic carbocycles. The first-order valence-corrected chi connectivity index (χ1v) is 9.63. The van der Waals surface area contributed by atoms with Gasteiger partial charge in [-0.15, -0.1) is 11.3 Å². The van der Waals surface area contributed by atoms with Crippen molar-refractivity contribution in [3.8, 4) is 5.75 Å². The van der Waals surface area contributed by atoms with Gasteiger partial charge in [0.15, 0.2) is 4.80 Å². The van der Waals surface area contributed by atoms with Crippen LogP contribution in [0.25, 0.3) is 10.2 Å². The minimum Gasteiger partial charge on any atom is -0.495 e. The lowest BCUT2D eigenvalue weighted by Gasteiger charge is -2.07. The molecule has 0 aliphatic carbocycles. The third kappa shape index (κ3) is 3.75. The third-order valence-corrected chi connectivity index (χ3v) is 6.02. The number of ether oxygens (including phenoxy) is 2. The summed E-state index contributed by atoms with van der Waals surface area (Å²) in [6, 6.07) is 7.27. The summed E-state index contributed by atoms with van der Waals surface area (Å²) in [5, 5.41) is 0. The molecule has 132 valence electrons. The molecule has 0 unspecified atom stereocenters. The number of fused-ring (bicyclic) bond motifs is 1. The molecule has 0 aliphatic heterocycles. The molecular weight excluding hydrogens is 403 g/mol. The molecule has 0 radical (unpaired) electrons. The summed E-state index contributed by atoms with van der Waals surface area (Å²) < 4.78 is 14.3. The Morgan fingerprint density at radius 1 is 1.28 bits per heavy atom. The number of amides is 1. The zero-order valence-corrected chi connectivity index (χ0v) is 16.6. The van der Waals surface area contributed by atoms with Crippen molar-refractivity contribution in [2.45, 2.75) is 6.54 Å². The van der Waals surface area contributed by atoms with Gasteiger partial charge in [0.25, 0.3) is 5.91 Å². The zero-order chi connectivity index (χ0) is 18.0. The van der Waals surface area contributed by atoms with Gasteiger partial charge in [-0.2, -0.15) is 4.99 Å². The predicted molar refractivity (Wildman–Crippen MR) is 102 cm³/mol. The fourth-order valence-electron chi connectivity index (χ4n) is 2.37. The number of thiophene rings is 1. The SMILES string of the molecule is COCCn1c(=NC(=O)c2cc(Cl)sc2Cl)sc2cccc(OC)c21. The maximum Gasteiger partial charge on any atom is 0.282 e. The predicted octanol–water partition coefficient (Wildman–Crippen LogP) is 4.47. The van der Waals surface area contributed by atoms with E-state index in [2.05, 4.69) is 4.99 Å². The number of halogens is 2. The van der Waals surface area contributed by atoms with Crippen LogP contribution in [0.2, 0.25) is 8.67 Å². The molecule has 5 nitrogen and oxygen atoms in total. The number of nitrogens with zero attached hydrogens (tertiary/aromatic N) is 2. The lowest BCUT2D eigenvalue weighted by atomic mass is 10.3. The number of para-hydroxylation sites is 1. The Hall–Kier alpha value is -1.38. The molecule has 0 spiro atoms. The number of methoxy groups -OCH3 is 2. The quantitative estimate of drug-likeness (QED) is 0.616. The highest BCUT2D eigenvalue weighted by atomic mass is 35.5. The first-order valence-electron chi connectivity index (χ1n) is 7.24. The fraction of sp³-hybridized carbons (Fsp3) is 0.250. The molecule has 0 N–H and O–H groups in total. The van der Waals surface area contributed by atoms with Crippen LogP contribution in [-0.2, 0) is 11.3 Å². The van der Waals surface area contributed by atoms with Crippen molar-refractivity contribution >= 4 is 62.0 Å². The van der Waals surface area contributed by atoms with Crippen LogP contribution >= 0.6 is 45.9 Å². The minimum atomic E-state index is -0.426. The Balaban J connectivity index is 2.17. The summed E-state index contributed by atoms with van der Waals surface area (Å²) in [5.74, 6) is 0.292. The van der Waals surface area contributed by atoms with Gasteiger partial charge in [-0.05, 0) is 18.2 Å². The zero-order valence-electron chi connectivity index (χ0n) is 13.4. The smallest absolute Gasteiger partial charge is 0.282 e. The summed E-state index contributed by atoms with van der Waals surface area (Å²) in [5.41, 5.74) is 1.19. The van der Waals surface area contributed by atoms with E-state index in [-0.39, 0.29) is 0 Å². The Labute approximate surface area is 162 Å². The van der Waals surface area contributed by atoms with E-state index in [1.807, 2.05) is 22.8 Å². The molecule has 25 heavy (non-hydrogen) atoms. The maximum atomic E-state index is 12.5. The van der Waals surface area contributed by atoms with E-state index >= 15 is 0 Å². The van der Waals surface area contributed by atoms with E-state index in [1.165, 1.54) is 17.4 Å². The average Bonchev–Trinajstić information content (AvgIpc) is 3.11. The van der Waals surface area contributed by atoms with Gasteiger partial charge in [0.1, 0.15) is 15.6 Å². The van der Waals surface area contributed by atoms with Crippen molar-refractivity contribution < 1.29 is 14.3 Å². The lowest BCUT2D eigenvalue weighted by molar-refractivity contribution is 0.0998. The maximum absolute atomic E-state index is 12.5. The van der Waals surface area contributed by atoms with Crippen LogP contribution in [0.15, 0.2) is 29.3 Å². The molecule has 9 heteroatoms. The van der Waals surface area contributed by atoms with Crippen molar-refractivity contribution in [2.24, 2.45) is 4.99 Å². The highest BCUT2D eigenvalue weighted by Crippen LogP contribution is 2.32. The van der Waals surface area contributed by atoms with Gasteiger partial charge >= 0.3 is 0 Å². The number of hydrogen-bond donors (Lipinski definition) is 0. The van der Waals surface area contributed by atoms with E-state index in [0.717, 1.165) is 27.3 Å². The number of hydrogen-bond acceptors (Lipinski definition) is 5. The summed E-state index contributed by atoms with van der Waals surface area (Å²) in [6.07, 6.45) is 0. The van der Waals surface area contributed by atoms with E-state index < -0.39 is 5.91 Å². The highest BCUT2D eigenvalue weighted by molar-refractivity contribution is 7.20. The monoisotopic (exact) mass is 416 g/mol. The molecular formula is C16H14Cl2N2O3S2. The van der Waals surface area contributed by atoms with Crippen molar-refractivity contribution in [1.29, 1.82) is 0 Å². The molecule has 2 aromatic heterocycles. The molecule has 0 fully saturated rings.